The SMILES string of the molecule is C[C@]12Cc3cnn(-c4ccc(F)cc4)c3C=C1CC[C@@]2(O)CCC1CCCCC1. The Morgan fingerprint density at radius 2 is 1.93 bits per heavy atom. The second-order valence-electron chi connectivity index (χ2n) is 9.70. The minimum Gasteiger partial charge on any atom is -0.389 e. The molecule has 3 aliphatic carbocycles. The Morgan fingerprint density at radius 1 is 1.17 bits per heavy atom. The monoisotopic (exact) mass is 394 g/mol. The van der Waals surface area contributed by atoms with Crippen molar-refractivity contribution in [3.63, 3.8) is 0 Å². The number of aromatic nitrogens is 2. The lowest BCUT2D eigenvalue weighted by Crippen LogP contribution is -2.45. The van der Waals surface area contributed by atoms with Crippen molar-refractivity contribution >= 4 is 6.08 Å². The van der Waals surface area contributed by atoms with Crippen molar-refractivity contribution in [3.8, 4) is 5.69 Å². The number of hydrogen-bond donors (Lipinski definition) is 1. The highest BCUT2D eigenvalue weighted by Crippen LogP contribution is 2.57. The summed E-state index contributed by atoms with van der Waals surface area (Å²) >= 11 is 0. The van der Waals surface area contributed by atoms with E-state index in [0.717, 1.165) is 49.4 Å². The van der Waals surface area contributed by atoms with Crippen LogP contribution in [-0.4, -0.2) is 20.5 Å². The van der Waals surface area contributed by atoms with E-state index in [2.05, 4.69) is 18.1 Å². The van der Waals surface area contributed by atoms with E-state index >= 15 is 0 Å². The molecule has 0 unspecified atom stereocenters. The second-order valence-corrected chi connectivity index (χ2v) is 9.70. The minimum absolute atomic E-state index is 0.203. The van der Waals surface area contributed by atoms with Gasteiger partial charge in [0.15, 0.2) is 0 Å². The van der Waals surface area contributed by atoms with E-state index in [0.29, 0.717) is 0 Å². The first-order valence-electron chi connectivity index (χ1n) is 11.2. The summed E-state index contributed by atoms with van der Waals surface area (Å²) in [6.07, 6.45) is 15.6. The third-order valence-electron chi connectivity index (χ3n) is 8.05. The molecule has 29 heavy (non-hydrogen) atoms. The highest BCUT2D eigenvalue weighted by Gasteiger charge is 2.54. The maximum Gasteiger partial charge on any atom is 0.123 e. The van der Waals surface area contributed by atoms with E-state index in [-0.39, 0.29) is 11.2 Å². The maximum absolute atomic E-state index is 13.3. The first-order chi connectivity index (χ1) is 14.0. The number of benzene rings is 1. The van der Waals surface area contributed by atoms with Crippen LogP contribution in [0.2, 0.25) is 0 Å². The van der Waals surface area contributed by atoms with Gasteiger partial charge in [0.1, 0.15) is 5.82 Å². The van der Waals surface area contributed by atoms with Crippen LogP contribution in [0.3, 0.4) is 0 Å². The Bertz CT molecular complexity index is 925. The van der Waals surface area contributed by atoms with Gasteiger partial charge in [0.05, 0.1) is 23.2 Å². The molecular weight excluding hydrogens is 363 g/mol. The topological polar surface area (TPSA) is 38.0 Å². The van der Waals surface area contributed by atoms with Crippen molar-refractivity contribution in [2.75, 3.05) is 0 Å². The molecule has 0 bridgehead atoms. The number of halogens is 1. The fraction of sp³-hybridized carbons (Fsp3) is 0.560. The molecule has 2 fully saturated rings. The summed E-state index contributed by atoms with van der Waals surface area (Å²) in [7, 11) is 0. The highest BCUT2D eigenvalue weighted by atomic mass is 19.1. The molecule has 2 saturated carbocycles. The Balaban J connectivity index is 1.40. The predicted molar refractivity (Wildman–Crippen MR) is 113 cm³/mol. The largest absolute Gasteiger partial charge is 0.389 e. The quantitative estimate of drug-likeness (QED) is 0.707. The van der Waals surface area contributed by atoms with E-state index in [9.17, 15) is 9.50 Å². The Labute approximate surface area is 172 Å². The first-order valence-corrected chi connectivity index (χ1v) is 11.2. The Morgan fingerprint density at radius 3 is 2.69 bits per heavy atom. The highest BCUT2D eigenvalue weighted by molar-refractivity contribution is 5.62. The van der Waals surface area contributed by atoms with Crippen molar-refractivity contribution in [1.82, 2.24) is 9.78 Å². The predicted octanol–water partition coefficient (Wildman–Crippen LogP) is 5.84. The van der Waals surface area contributed by atoms with Gasteiger partial charge in [-0.25, -0.2) is 9.07 Å². The Hall–Kier alpha value is -1.94. The second kappa shape index (κ2) is 7.09. The van der Waals surface area contributed by atoms with Crippen LogP contribution >= 0.6 is 0 Å². The lowest BCUT2D eigenvalue weighted by Gasteiger charge is -2.43. The van der Waals surface area contributed by atoms with Gasteiger partial charge >= 0.3 is 0 Å². The summed E-state index contributed by atoms with van der Waals surface area (Å²) in [5, 5.41) is 16.3. The summed E-state index contributed by atoms with van der Waals surface area (Å²) in [4.78, 5) is 0. The molecule has 0 aliphatic heterocycles. The van der Waals surface area contributed by atoms with E-state index in [4.69, 9.17) is 0 Å². The van der Waals surface area contributed by atoms with Crippen molar-refractivity contribution in [1.29, 1.82) is 0 Å². The van der Waals surface area contributed by atoms with Crippen molar-refractivity contribution < 1.29 is 9.50 Å². The lowest BCUT2D eigenvalue weighted by molar-refractivity contribution is -0.0515. The van der Waals surface area contributed by atoms with Crippen LogP contribution < -0.4 is 0 Å². The summed E-state index contributed by atoms with van der Waals surface area (Å²) in [6, 6.07) is 6.49. The van der Waals surface area contributed by atoms with Gasteiger partial charge in [-0.05, 0) is 73.9 Å². The van der Waals surface area contributed by atoms with Gasteiger partial charge in [0.25, 0.3) is 0 Å². The number of fused-ring (bicyclic) bond motifs is 2. The summed E-state index contributed by atoms with van der Waals surface area (Å²) in [6.45, 7) is 2.25. The normalized spacial score (nSPS) is 29.4. The third-order valence-corrected chi connectivity index (χ3v) is 8.05. The van der Waals surface area contributed by atoms with Crippen LogP contribution in [0.5, 0.6) is 0 Å². The maximum atomic E-state index is 13.3. The summed E-state index contributed by atoms with van der Waals surface area (Å²) in [5.41, 5.74) is 3.66. The van der Waals surface area contributed by atoms with Crippen molar-refractivity contribution in [2.24, 2.45) is 11.3 Å². The standard InChI is InChI=1S/C25H31FN2O/c1-24-16-19-17-27-28(22-9-7-21(26)8-10-22)23(19)15-20(24)12-14-25(24,29)13-11-18-5-3-2-4-6-18/h7-10,15,17-18,29H,2-6,11-14,16H2,1H3/t24-,25-/m0/s1. The molecule has 3 nitrogen and oxygen atoms in total. The van der Waals surface area contributed by atoms with Gasteiger partial charge in [-0.2, -0.15) is 5.10 Å². The lowest BCUT2D eigenvalue weighted by atomic mass is 9.65. The van der Waals surface area contributed by atoms with Crippen LogP contribution in [0.1, 0.15) is 76.0 Å². The van der Waals surface area contributed by atoms with Crippen molar-refractivity contribution in [3.05, 3.63) is 53.1 Å². The number of nitrogens with zero attached hydrogens (tertiary/aromatic N) is 2. The average molecular weight is 395 g/mol. The van der Waals surface area contributed by atoms with E-state index in [1.54, 1.807) is 12.1 Å². The summed E-state index contributed by atoms with van der Waals surface area (Å²) < 4.78 is 15.2. The minimum atomic E-state index is -0.619. The molecule has 3 aliphatic rings. The fourth-order valence-electron chi connectivity index (χ4n) is 6.04. The molecule has 4 heteroatoms. The average Bonchev–Trinajstić information content (AvgIpc) is 3.24. The van der Waals surface area contributed by atoms with E-state index in [1.807, 2.05) is 10.9 Å². The fourth-order valence-corrected chi connectivity index (χ4v) is 6.04. The van der Waals surface area contributed by atoms with Crippen LogP contribution in [0.25, 0.3) is 11.8 Å². The van der Waals surface area contributed by atoms with E-state index in [1.165, 1.54) is 55.4 Å². The molecule has 154 valence electrons. The van der Waals surface area contributed by atoms with E-state index < -0.39 is 5.60 Å². The molecule has 0 radical (unpaired) electrons. The molecule has 5 rings (SSSR count). The molecule has 1 N–H and O–H groups in total. The van der Waals surface area contributed by atoms with Crippen LogP contribution in [0, 0.1) is 17.2 Å². The van der Waals surface area contributed by atoms with Crippen LogP contribution in [-0.2, 0) is 6.42 Å². The van der Waals surface area contributed by atoms with Gasteiger partial charge in [0.2, 0.25) is 0 Å². The van der Waals surface area contributed by atoms with Crippen molar-refractivity contribution in [2.45, 2.75) is 76.7 Å². The zero-order chi connectivity index (χ0) is 20.1. The zero-order valence-corrected chi connectivity index (χ0v) is 17.3. The van der Waals surface area contributed by atoms with Crippen LogP contribution in [0.4, 0.5) is 4.39 Å². The molecule has 2 atom stereocenters. The molecular formula is C25H31FN2O. The molecule has 0 spiro atoms. The van der Waals surface area contributed by atoms with Crippen LogP contribution in [0.15, 0.2) is 36.0 Å². The molecule has 0 amide bonds. The Kier molecular flexibility index (Phi) is 4.65. The molecule has 1 aromatic heterocycles. The third kappa shape index (κ3) is 3.16. The number of hydrogen-bond acceptors (Lipinski definition) is 2. The van der Waals surface area contributed by atoms with Gasteiger partial charge in [-0.15, -0.1) is 0 Å². The molecule has 0 saturated heterocycles. The van der Waals surface area contributed by atoms with Gasteiger partial charge in [-0.3, -0.25) is 0 Å². The number of rotatable bonds is 4. The zero-order valence-electron chi connectivity index (χ0n) is 17.3. The van der Waals surface area contributed by atoms with Gasteiger partial charge < -0.3 is 5.11 Å². The molecule has 1 heterocycles. The first kappa shape index (κ1) is 19.0. The van der Waals surface area contributed by atoms with Gasteiger partial charge in [0, 0.05) is 5.41 Å². The smallest absolute Gasteiger partial charge is 0.123 e. The summed E-state index contributed by atoms with van der Waals surface area (Å²) in [5.74, 6) is 0.560. The number of aliphatic hydroxyl groups is 1. The molecule has 1 aromatic carbocycles. The van der Waals surface area contributed by atoms with Gasteiger partial charge in [-0.1, -0.05) is 44.6 Å². The molecule has 2 aromatic rings.